The van der Waals surface area contributed by atoms with Gasteiger partial charge in [0.05, 0.1) is 32.6 Å². The molecule has 1 aromatic carbocycles. The third kappa shape index (κ3) is 5.03. The minimum atomic E-state index is -0.877. The van der Waals surface area contributed by atoms with Crippen molar-refractivity contribution in [3.8, 4) is 17.2 Å². The molecule has 0 heterocycles. The highest BCUT2D eigenvalue weighted by Crippen LogP contribution is 2.34. The standard InChI is InChI=1S/C14H19NO6S/c1-19-10-7-12(21-3)11(20-2)6-9(10)14(18)15-4-5-22-8-13(16)17/h6-7H,4-5,8H2,1-3H3,(H,15,18)(H,16,17). The van der Waals surface area contributed by atoms with Gasteiger partial charge in [0, 0.05) is 24.4 Å². The lowest BCUT2D eigenvalue weighted by molar-refractivity contribution is -0.133. The smallest absolute Gasteiger partial charge is 0.313 e. The summed E-state index contributed by atoms with van der Waals surface area (Å²) >= 11 is 1.23. The molecule has 0 aliphatic heterocycles. The molecule has 0 spiro atoms. The van der Waals surface area contributed by atoms with Crippen LogP contribution in [0.4, 0.5) is 0 Å². The van der Waals surface area contributed by atoms with E-state index in [-0.39, 0.29) is 11.7 Å². The summed E-state index contributed by atoms with van der Waals surface area (Å²) in [4.78, 5) is 22.6. The summed E-state index contributed by atoms with van der Waals surface area (Å²) in [7, 11) is 4.44. The Kier molecular flexibility index (Phi) is 7.38. The molecular weight excluding hydrogens is 310 g/mol. The first-order chi connectivity index (χ1) is 10.5. The van der Waals surface area contributed by atoms with Crippen molar-refractivity contribution in [2.45, 2.75) is 0 Å². The van der Waals surface area contributed by atoms with E-state index in [1.54, 1.807) is 6.07 Å². The highest BCUT2D eigenvalue weighted by molar-refractivity contribution is 7.99. The van der Waals surface area contributed by atoms with Crippen molar-refractivity contribution >= 4 is 23.6 Å². The van der Waals surface area contributed by atoms with Gasteiger partial charge in [0.15, 0.2) is 11.5 Å². The van der Waals surface area contributed by atoms with Crippen LogP contribution in [0.3, 0.4) is 0 Å². The SMILES string of the molecule is COc1cc(OC)c(C(=O)NCCSCC(=O)O)cc1OC. The molecule has 0 aromatic heterocycles. The van der Waals surface area contributed by atoms with E-state index in [1.165, 1.54) is 39.2 Å². The number of rotatable bonds is 9. The first-order valence-corrected chi connectivity index (χ1v) is 7.56. The third-order valence-corrected chi connectivity index (χ3v) is 3.65. The van der Waals surface area contributed by atoms with Crippen LogP contribution >= 0.6 is 11.8 Å². The van der Waals surface area contributed by atoms with E-state index in [0.717, 1.165) is 0 Å². The Morgan fingerprint density at radius 3 is 2.23 bits per heavy atom. The van der Waals surface area contributed by atoms with Crippen molar-refractivity contribution in [1.29, 1.82) is 0 Å². The van der Waals surface area contributed by atoms with Gasteiger partial charge < -0.3 is 24.6 Å². The second kappa shape index (κ2) is 9.04. The van der Waals surface area contributed by atoms with Crippen LogP contribution in [0.25, 0.3) is 0 Å². The average molecular weight is 329 g/mol. The molecule has 0 unspecified atom stereocenters. The van der Waals surface area contributed by atoms with Gasteiger partial charge in [0.1, 0.15) is 5.75 Å². The summed E-state index contributed by atoms with van der Waals surface area (Å²) in [6.07, 6.45) is 0. The minimum Gasteiger partial charge on any atom is -0.496 e. The summed E-state index contributed by atoms with van der Waals surface area (Å²) in [6, 6.07) is 3.12. The van der Waals surface area contributed by atoms with Gasteiger partial charge in [-0.25, -0.2) is 0 Å². The molecule has 0 radical (unpaired) electrons. The number of nitrogens with one attached hydrogen (secondary N) is 1. The zero-order valence-electron chi connectivity index (χ0n) is 12.7. The topological polar surface area (TPSA) is 94.1 Å². The van der Waals surface area contributed by atoms with E-state index in [9.17, 15) is 9.59 Å². The molecule has 2 N–H and O–H groups in total. The quantitative estimate of drug-likeness (QED) is 0.659. The monoisotopic (exact) mass is 329 g/mol. The molecule has 0 saturated heterocycles. The van der Waals surface area contributed by atoms with Gasteiger partial charge in [0.25, 0.3) is 5.91 Å². The summed E-state index contributed by atoms with van der Waals surface area (Å²) in [5.41, 5.74) is 0.323. The number of carboxylic acids is 1. The number of carbonyl (C=O) groups excluding carboxylic acids is 1. The Balaban J connectivity index is 2.73. The lowest BCUT2D eigenvalue weighted by Crippen LogP contribution is -2.26. The maximum Gasteiger partial charge on any atom is 0.313 e. The van der Waals surface area contributed by atoms with E-state index in [0.29, 0.717) is 35.1 Å². The number of carbonyl (C=O) groups is 2. The molecule has 0 aliphatic carbocycles. The molecular formula is C14H19NO6S. The van der Waals surface area contributed by atoms with E-state index >= 15 is 0 Å². The van der Waals surface area contributed by atoms with E-state index < -0.39 is 5.97 Å². The van der Waals surface area contributed by atoms with Crippen LogP contribution in [0.1, 0.15) is 10.4 Å². The third-order valence-electron chi connectivity index (χ3n) is 2.71. The van der Waals surface area contributed by atoms with Gasteiger partial charge in [0.2, 0.25) is 0 Å². The van der Waals surface area contributed by atoms with Crippen LogP contribution in [0.15, 0.2) is 12.1 Å². The number of benzene rings is 1. The first-order valence-electron chi connectivity index (χ1n) is 6.41. The molecule has 7 nitrogen and oxygen atoms in total. The highest BCUT2D eigenvalue weighted by Gasteiger charge is 2.17. The van der Waals surface area contributed by atoms with E-state index in [1.807, 2.05) is 0 Å². The van der Waals surface area contributed by atoms with Crippen LogP contribution < -0.4 is 19.5 Å². The summed E-state index contributed by atoms with van der Waals surface area (Å²) < 4.78 is 15.5. The molecule has 0 atom stereocenters. The van der Waals surface area contributed by atoms with Crippen molar-refractivity contribution in [1.82, 2.24) is 5.32 Å². The number of aliphatic carboxylic acids is 1. The number of thioether (sulfide) groups is 1. The van der Waals surface area contributed by atoms with E-state index in [4.69, 9.17) is 19.3 Å². The van der Waals surface area contributed by atoms with Gasteiger partial charge >= 0.3 is 5.97 Å². The maximum atomic E-state index is 12.2. The van der Waals surface area contributed by atoms with Crippen LogP contribution in [-0.2, 0) is 4.79 Å². The zero-order valence-corrected chi connectivity index (χ0v) is 13.5. The highest BCUT2D eigenvalue weighted by atomic mass is 32.2. The van der Waals surface area contributed by atoms with Gasteiger partial charge in [-0.1, -0.05) is 0 Å². The molecule has 0 fully saturated rings. The predicted molar refractivity (Wildman–Crippen MR) is 83.4 cm³/mol. The number of methoxy groups -OCH3 is 3. The summed E-state index contributed by atoms with van der Waals surface area (Å²) in [6.45, 7) is 0.355. The summed E-state index contributed by atoms with van der Waals surface area (Å²) in [5, 5.41) is 11.2. The number of amides is 1. The van der Waals surface area contributed by atoms with Crippen molar-refractivity contribution in [3.05, 3.63) is 17.7 Å². The van der Waals surface area contributed by atoms with Crippen molar-refractivity contribution in [2.24, 2.45) is 0 Å². The molecule has 1 amide bonds. The van der Waals surface area contributed by atoms with Crippen LogP contribution in [0, 0.1) is 0 Å². The second-order valence-electron chi connectivity index (χ2n) is 4.11. The Hall–Kier alpha value is -2.09. The molecule has 1 aromatic rings. The fourth-order valence-corrected chi connectivity index (χ4v) is 2.26. The number of ether oxygens (including phenoxy) is 3. The fraction of sp³-hybridized carbons (Fsp3) is 0.429. The van der Waals surface area contributed by atoms with Crippen LogP contribution in [0.2, 0.25) is 0 Å². The Labute approximate surface area is 132 Å². The number of carboxylic acid groups (broad SMARTS) is 1. The van der Waals surface area contributed by atoms with Gasteiger partial charge in [-0.15, -0.1) is 11.8 Å². The predicted octanol–water partition coefficient (Wildman–Crippen LogP) is 1.26. The largest absolute Gasteiger partial charge is 0.496 e. The average Bonchev–Trinajstić information content (AvgIpc) is 2.52. The number of hydrogen-bond donors (Lipinski definition) is 2. The van der Waals surface area contributed by atoms with Gasteiger partial charge in [-0.2, -0.15) is 0 Å². The first kappa shape index (κ1) is 18.0. The maximum absolute atomic E-state index is 12.2. The van der Waals surface area contributed by atoms with Gasteiger partial charge in [-0.05, 0) is 0 Å². The molecule has 8 heteroatoms. The summed E-state index contributed by atoms with van der Waals surface area (Å²) in [5.74, 6) is 0.574. The number of hydrogen-bond acceptors (Lipinski definition) is 6. The van der Waals surface area contributed by atoms with Gasteiger partial charge in [-0.3, -0.25) is 9.59 Å². The van der Waals surface area contributed by atoms with Crippen LogP contribution in [-0.4, -0.2) is 56.4 Å². The van der Waals surface area contributed by atoms with Crippen molar-refractivity contribution < 1.29 is 28.9 Å². The Bertz CT molecular complexity index is 534. The fourth-order valence-electron chi connectivity index (χ4n) is 1.70. The minimum absolute atomic E-state index is 0.00947. The lowest BCUT2D eigenvalue weighted by Gasteiger charge is -2.14. The molecule has 0 saturated carbocycles. The Morgan fingerprint density at radius 2 is 1.68 bits per heavy atom. The van der Waals surface area contributed by atoms with Crippen molar-refractivity contribution in [3.63, 3.8) is 0 Å². The zero-order chi connectivity index (χ0) is 16.5. The normalized spacial score (nSPS) is 9.95. The molecule has 122 valence electrons. The molecule has 0 bridgehead atoms. The van der Waals surface area contributed by atoms with E-state index in [2.05, 4.69) is 5.32 Å². The molecule has 0 aliphatic rings. The Morgan fingerprint density at radius 1 is 1.09 bits per heavy atom. The van der Waals surface area contributed by atoms with Crippen LogP contribution in [0.5, 0.6) is 17.2 Å². The van der Waals surface area contributed by atoms with Crippen molar-refractivity contribution in [2.75, 3.05) is 39.4 Å². The second-order valence-corrected chi connectivity index (χ2v) is 5.21. The molecule has 22 heavy (non-hydrogen) atoms. The lowest BCUT2D eigenvalue weighted by atomic mass is 10.1. The molecule has 1 rings (SSSR count).